The van der Waals surface area contributed by atoms with Crippen LogP contribution in [0.3, 0.4) is 0 Å². The van der Waals surface area contributed by atoms with Crippen molar-refractivity contribution in [3.8, 4) is 0 Å². The van der Waals surface area contributed by atoms with E-state index < -0.39 is 0 Å². The minimum absolute atomic E-state index is 0.00109. The molecule has 2 amide bonds. The van der Waals surface area contributed by atoms with Crippen LogP contribution in [-0.2, 0) is 19.4 Å². The normalized spacial score (nSPS) is 13.9. The SMILES string of the molecule is O=C(NCCc1ccccc1)N1CCc2nc[nH]c2C1. The van der Waals surface area contributed by atoms with Gasteiger partial charge < -0.3 is 15.2 Å². The molecule has 2 N–H and O–H groups in total. The smallest absolute Gasteiger partial charge is 0.317 e. The van der Waals surface area contributed by atoms with E-state index in [1.807, 2.05) is 23.1 Å². The van der Waals surface area contributed by atoms with Gasteiger partial charge in [-0.25, -0.2) is 9.78 Å². The molecule has 104 valence electrons. The summed E-state index contributed by atoms with van der Waals surface area (Å²) in [6.07, 6.45) is 3.38. The summed E-state index contributed by atoms with van der Waals surface area (Å²) < 4.78 is 0. The summed E-state index contributed by atoms with van der Waals surface area (Å²) in [4.78, 5) is 21.3. The highest BCUT2D eigenvalue weighted by atomic mass is 16.2. The third-order valence-corrected chi connectivity index (χ3v) is 3.59. The maximum atomic E-state index is 12.1. The molecule has 20 heavy (non-hydrogen) atoms. The zero-order valence-corrected chi connectivity index (χ0v) is 11.3. The van der Waals surface area contributed by atoms with E-state index in [0.29, 0.717) is 13.1 Å². The second-order valence-electron chi connectivity index (χ2n) is 4.97. The van der Waals surface area contributed by atoms with Crippen molar-refractivity contribution in [1.29, 1.82) is 0 Å². The number of amides is 2. The van der Waals surface area contributed by atoms with Gasteiger partial charge in [0, 0.05) is 19.5 Å². The molecule has 0 saturated carbocycles. The number of urea groups is 1. The van der Waals surface area contributed by atoms with Crippen LogP contribution in [0.25, 0.3) is 0 Å². The number of aromatic nitrogens is 2. The highest BCUT2D eigenvalue weighted by molar-refractivity contribution is 5.74. The van der Waals surface area contributed by atoms with E-state index >= 15 is 0 Å². The molecule has 1 aliphatic rings. The molecule has 0 bridgehead atoms. The number of rotatable bonds is 3. The Kier molecular flexibility index (Phi) is 3.67. The monoisotopic (exact) mass is 270 g/mol. The van der Waals surface area contributed by atoms with Crippen molar-refractivity contribution in [3.63, 3.8) is 0 Å². The van der Waals surface area contributed by atoms with E-state index in [1.165, 1.54) is 5.56 Å². The van der Waals surface area contributed by atoms with E-state index in [9.17, 15) is 4.79 Å². The quantitative estimate of drug-likeness (QED) is 0.892. The number of hydrogen-bond donors (Lipinski definition) is 2. The van der Waals surface area contributed by atoms with Crippen molar-refractivity contribution >= 4 is 6.03 Å². The Hall–Kier alpha value is -2.30. The topological polar surface area (TPSA) is 61.0 Å². The summed E-state index contributed by atoms with van der Waals surface area (Å²) in [5.41, 5.74) is 3.37. The molecule has 1 aromatic carbocycles. The fraction of sp³-hybridized carbons (Fsp3) is 0.333. The molecular formula is C15H18N4O. The van der Waals surface area contributed by atoms with Crippen LogP contribution in [0.5, 0.6) is 0 Å². The Morgan fingerprint density at radius 1 is 1.35 bits per heavy atom. The number of fused-ring (bicyclic) bond motifs is 1. The summed E-state index contributed by atoms with van der Waals surface area (Å²) in [5, 5.41) is 2.98. The third kappa shape index (κ3) is 2.82. The third-order valence-electron chi connectivity index (χ3n) is 3.59. The van der Waals surface area contributed by atoms with Gasteiger partial charge in [-0.2, -0.15) is 0 Å². The lowest BCUT2D eigenvalue weighted by molar-refractivity contribution is 0.191. The van der Waals surface area contributed by atoms with Crippen LogP contribution in [0, 0.1) is 0 Å². The molecule has 5 heteroatoms. The average Bonchev–Trinajstić information content (AvgIpc) is 2.95. The molecule has 5 nitrogen and oxygen atoms in total. The fourth-order valence-electron chi connectivity index (χ4n) is 2.46. The maximum Gasteiger partial charge on any atom is 0.317 e. The highest BCUT2D eigenvalue weighted by Crippen LogP contribution is 2.14. The number of H-pyrrole nitrogens is 1. The molecule has 0 spiro atoms. The number of nitrogens with one attached hydrogen (secondary N) is 2. The van der Waals surface area contributed by atoms with Gasteiger partial charge in [-0.3, -0.25) is 0 Å². The van der Waals surface area contributed by atoms with Crippen molar-refractivity contribution in [2.75, 3.05) is 13.1 Å². The number of imidazole rings is 1. The predicted octanol–water partition coefficient (Wildman–Crippen LogP) is 1.72. The van der Waals surface area contributed by atoms with Gasteiger partial charge in [0.15, 0.2) is 0 Å². The van der Waals surface area contributed by atoms with Gasteiger partial charge in [-0.05, 0) is 12.0 Å². The minimum Gasteiger partial charge on any atom is -0.347 e. The second kappa shape index (κ2) is 5.77. The van der Waals surface area contributed by atoms with Crippen molar-refractivity contribution in [2.24, 2.45) is 0 Å². The zero-order valence-electron chi connectivity index (χ0n) is 11.3. The molecule has 1 aromatic heterocycles. The second-order valence-corrected chi connectivity index (χ2v) is 4.97. The first-order chi connectivity index (χ1) is 9.83. The molecule has 0 aliphatic carbocycles. The number of nitrogens with zero attached hydrogens (tertiary/aromatic N) is 2. The Morgan fingerprint density at radius 3 is 3.05 bits per heavy atom. The molecule has 3 rings (SSSR count). The first kappa shape index (κ1) is 12.7. The van der Waals surface area contributed by atoms with E-state index in [1.54, 1.807) is 6.33 Å². The lowest BCUT2D eigenvalue weighted by atomic mass is 10.1. The molecule has 1 aliphatic heterocycles. The Balaban J connectivity index is 1.48. The summed E-state index contributed by atoms with van der Waals surface area (Å²) in [5.74, 6) is 0. The minimum atomic E-state index is 0.00109. The van der Waals surface area contributed by atoms with Crippen LogP contribution in [-0.4, -0.2) is 34.0 Å². The van der Waals surface area contributed by atoms with E-state index in [4.69, 9.17) is 0 Å². The number of aromatic amines is 1. The van der Waals surface area contributed by atoms with Gasteiger partial charge in [0.2, 0.25) is 0 Å². The van der Waals surface area contributed by atoms with Crippen molar-refractivity contribution in [3.05, 3.63) is 53.6 Å². The zero-order chi connectivity index (χ0) is 13.8. The highest BCUT2D eigenvalue weighted by Gasteiger charge is 2.21. The molecule has 2 aromatic rings. The lowest BCUT2D eigenvalue weighted by Gasteiger charge is -2.26. The largest absolute Gasteiger partial charge is 0.347 e. The van der Waals surface area contributed by atoms with Crippen LogP contribution in [0.1, 0.15) is 17.0 Å². The molecular weight excluding hydrogens is 252 g/mol. The van der Waals surface area contributed by atoms with Crippen LogP contribution in [0.4, 0.5) is 4.79 Å². The van der Waals surface area contributed by atoms with Gasteiger partial charge in [0.1, 0.15) is 0 Å². The molecule has 2 heterocycles. The number of carbonyl (C=O) groups excluding carboxylic acids is 1. The molecule has 0 fully saturated rings. The Morgan fingerprint density at radius 2 is 2.20 bits per heavy atom. The van der Waals surface area contributed by atoms with Crippen molar-refractivity contribution in [1.82, 2.24) is 20.2 Å². The van der Waals surface area contributed by atoms with Gasteiger partial charge in [0.05, 0.1) is 24.3 Å². The maximum absolute atomic E-state index is 12.1. The van der Waals surface area contributed by atoms with Gasteiger partial charge in [-0.1, -0.05) is 30.3 Å². The van der Waals surface area contributed by atoms with E-state index in [-0.39, 0.29) is 6.03 Å². The molecule has 0 radical (unpaired) electrons. The van der Waals surface area contributed by atoms with Gasteiger partial charge in [0.25, 0.3) is 0 Å². The van der Waals surface area contributed by atoms with Crippen LogP contribution in [0.15, 0.2) is 36.7 Å². The van der Waals surface area contributed by atoms with Crippen LogP contribution in [0.2, 0.25) is 0 Å². The summed E-state index contributed by atoms with van der Waals surface area (Å²) >= 11 is 0. The van der Waals surface area contributed by atoms with Crippen LogP contribution >= 0.6 is 0 Å². The molecule has 0 unspecified atom stereocenters. The number of benzene rings is 1. The van der Waals surface area contributed by atoms with Crippen molar-refractivity contribution < 1.29 is 4.79 Å². The Labute approximate surface area is 118 Å². The summed E-state index contributed by atoms with van der Waals surface area (Å²) in [6, 6.07) is 10.2. The average molecular weight is 270 g/mol. The first-order valence-corrected chi connectivity index (χ1v) is 6.91. The molecule has 0 saturated heterocycles. The summed E-state index contributed by atoms with van der Waals surface area (Å²) in [6.45, 7) is 2.01. The van der Waals surface area contributed by atoms with E-state index in [2.05, 4.69) is 27.4 Å². The fourth-order valence-corrected chi connectivity index (χ4v) is 2.46. The Bertz CT molecular complexity index is 579. The van der Waals surface area contributed by atoms with Crippen LogP contribution < -0.4 is 5.32 Å². The lowest BCUT2D eigenvalue weighted by Crippen LogP contribution is -2.43. The predicted molar refractivity (Wildman–Crippen MR) is 76.2 cm³/mol. The first-order valence-electron chi connectivity index (χ1n) is 6.91. The molecule has 0 atom stereocenters. The standard InChI is InChI=1S/C15H18N4O/c20-15(16-8-6-12-4-2-1-3-5-12)19-9-7-13-14(10-19)18-11-17-13/h1-5,11H,6-10H2,(H,16,20)(H,17,18). The number of carbonyl (C=O) groups is 1. The van der Waals surface area contributed by atoms with Gasteiger partial charge in [-0.15, -0.1) is 0 Å². The number of hydrogen-bond acceptors (Lipinski definition) is 2. The van der Waals surface area contributed by atoms with E-state index in [0.717, 1.165) is 30.8 Å². The van der Waals surface area contributed by atoms with Gasteiger partial charge >= 0.3 is 6.03 Å². The summed E-state index contributed by atoms with van der Waals surface area (Å²) in [7, 11) is 0. The van der Waals surface area contributed by atoms with Crippen molar-refractivity contribution in [2.45, 2.75) is 19.4 Å².